The van der Waals surface area contributed by atoms with Gasteiger partial charge in [-0.2, -0.15) is 13.2 Å². The number of anilines is 2. The van der Waals surface area contributed by atoms with Crippen LogP contribution in [0, 0.1) is 11.6 Å². The topological polar surface area (TPSA) is 24.9 Å². The van der Waals surface area contributed by atoms with Gasteiger partial charge in [-0.25, -0.2) is 8.78 Å². The molecule has 0 fully saturated rings. The van der Waals surface area contributed by atoms with Gasteiger partial charge >= 0.3 is 6.18 Å². The molecular formula is C14H11F5N2. The summed E-state index contributed by atoms with van der Waals surface area (Å²) >= 11 is 0. The van der Waals surface area contributed by atoms with Crippen LogP contribution < -0.4 is 5.32 Å². The molecule has 112 valence electrons. The molecule has 0 atom stereocenters. The molecule has 1 N–H and O–H groups in total. The highest BCUT2D eigenvalue weighted by molar-refractivity contribution is 5.64. The predicted molar refractivity (Wildman–Crippen MR) is 68.3 cm³/mol. The third-order valence-electron chi connectivity index (χ3n) is 2.84. The van der Waals surface area contributed by atoms with Crippen LogP contribution in [0.5, 0.6) is 0 Å². The maximum absolute atomic E-state index is 13.6. The predicted octanol–water partition coefficient (Wildman–Crippen LogP) is 4.68. The van der Waals surface area contributed by atoms with Crippen molar-refractivity contribution in [2.45, 2.75) is 19.5 Å². The molecule has 1 aromatic heterocycles. The van der Waals surface area contributed by atoms with Crippen LogP contribution in [0.2, 0.25) is 0 Å². The molecule has 0 spiro atoms. The molecule has 0 amide bonds. The second kappa shape index (κ2) is 5.67. The minimum Gasteiger partial charge on any atom is -0.351 e. The maximum atomic E-state index is 13.6. The molecule has 2 rings (SSSR count). The summed E-state index contributed by atoms with van der Waals surface area (Å²) in [5, 5.41) is 2.24. The summed E-state index contributed by atoms with van der Waals surface area (Å²) in [4.78, 5) is 3.77. The first-order chi connectivity index (χ1) is 9.82. The lowest BCUT2D eigenvalue weighted by molar-refractivity contribution is -0.137. The molecule has 0 saturated carbocycles. The Labute approximate surface area is 117 Å². The zero-order chi connectivity index (χ0) is 15.6. The second-order valence-corrected chi connectivity index (χ2v) is 4.29. The molecule has 1 heterocycles. The summed E-state index contributed by atoms with van der Waals surface area (Å²) in [6, 6.07) is 3.58. The normalized spacial score (nSPS) is 11.5. The highest BCUT2D eigenvalue weighted by atomic mass is 19.4. The van der Waals surface area contributed by atoms with E-state index in [4.69, 9.17) is 0 Å². The Morgan fingerprint density at radius 1 is 1.14 bits per heavy atom. The van der Waals surface area contributed by atoms with Crippen molar-refractivity contribution >= 4 is 11.4 Å². The van der Waals surface area contributed by atoms with Crippen molar-refractivity contribution in [3.63, 3.8) is 0 Å². The van der Waals surface area contributed by atoms with E-state index in [9.17, 15) is 22.0 Å². The molecule has 0 radical (unpaired) electrons. The third-order valence-corrected chi connectivity index (χ3v) is 2.84. The maximum Gasteiger partial charge on any atom is 0.418 e. The van der Waals surface area contributed by atoms with Crippen LogP contribution in [0.4, 0.5) is 33.3 Å². The Hall–Kier alpha value is -2.18. The SMILES string of the molecule is CCc1ncc(Nc2c(F)cccc2C(F)(F)F)cc1F. The van der Waals surface area contributed by atoms with E-state index in [2.05, 4.69) is 10.3 Å². The van der Waals surface area contributed by atoms with Crippen LogP contribution >= 0.6 is 0 Å². The molecule has 0 bridgehead atoms. The van der Waals surface area contributed by atoms with Crippen molar-refractivity contribution in [2.24, 2.45) is 0 Å². The number of rotatable bonds is 3. The van der Waals surface area contributed by atoms with E-state index in [1.165, 1.54) is 0 Å². The number of nitrogens with one attached hydrogen (secondary N) is 1. The monoisotopic (exact) mass is 302 g/mol. The molecule has 0 saturated heterocycles. The highest BCUT2D eigenvalue weighted by Crippen LogP contribution is 2.37. The smallest absolute Gasteiger partial charge is 0.351 e. The van der Waals surface area contributed by atoms with Gasteiger partial charge in [0.05, 0.1) is 28.8 Å². The first kappa shape index (κ1) is 15.2. The first-order valence-electron chi connectivity index (χ1n) is 6.10. The minimum atomic E-state index is -4.72. The fraction of sp³-hybridized carbons (Fsp3) is 0.214. The Morgan fingerprint density at radius 2 is 1.86 bits per heavy atom. The molecule has 0 aliphatic carbocycles. The van der Waals surface area contributed by atoms with E-state index in [1.807, 2.05) is 0 Å². The molecule has 0 aliphatic rings. The fourth-order valence-electron chi connectivity index (χ4n) is 1.83. The Balaban J connectivity index is 2.42. The number of para-hydroxylation sites is 1. The lowest BCUT2D eigenvalue weighted by atomic mass is 10.1. The molecule has 2 aromatic rings. The summed E-state index contributed by atoms with van der Waals surface area (Å²) in [7, 11) is 0. The number of aromatic nitrogens is 1. The average molecular weight is 302 g/mol. The lowest BCUT2D eigenvalue weighted by Gasteiger charge is -2.15. The van der Waals surface area contributed by atoms with E-state index in [-0.39, 0.29) is 11.4 Å². The van der Waals surface area contributed by atoms with Crippen molar-refractivity contribution in [3.8, 4) is 0 Å². The molecule has 1 aromatic carbocycles. The van der Waals surface area contributed by atoms with Gasteiger partial charge in [0.1, 0.15) is 11.6 Å². The standard InChI is InChI=1S/C14H11F5N2/c1-2-12-11(16)6-8(7-20-12)21-13-9(14(17,18)19)4-3-5-10(13)15/h3-7,21H,2H2,1H3. The lowest BCUT2D eigenvalue weighted by Crippen LogP contribution is -2.10. The number of nitrogens with zero attached hydrogens (tertiary/aromatic N) is 1. The third kappa shape index (κ3) is 3.29. The summed E-state index contributed by atoms with van der Waals surface area (Å²) in [6.07, 6.45) is -3.21. The number of benzene rings is 1. The van der Waals surface area contributed by atoms with Crippen molar-refractivity contribution in [1.29, 1.82) is 0 Å². The van der Waals surface area contributed by atoms with Gasteiger partial charge in [-0.05, 0) is 18.6 Å². The number of pyridine rings is 1. The zero-order valence-corrected chi connectivity index (χ0v) is 10.9. The Kier molecular flexibility index (Phi) is 4.11. The van der Waals surface area contributed by atoms with E-state index in [0.29, 0.717) is 6.42 Å². The number of alkyl halides is 3. The van der Waals surface area contributed by atoms with Crippen molar-refractivity contribution in [2.75, 3.05) is 5.32 Å². The van der Waals surface area contributed by atoms with Crippen LogP contribution in [0.1, 0.15) is 18.2 Å². The highest BCUT2D eigenvalue weighted by Gasteiger charge is 2.34. The Bertz CT molecular complexity index is 652. The van der Waals surface area contributed by atoms with Gasteiger partial charge in [0, 0.05) is 6.07 Å². The van der Waals surface area contributed by atoms with Gasteiger partial charge in [-0.1, -0.05) is 13.0 Å². The van der Waals surface area contributed by atoms with Crippen LogP contribution in [-0.4, -0.2) is 4.98 Å². The van der Waals surface area contributed by atoms with E-state index in [1.54, 1.807) is 6.92 Å². The van der Waals surface area contributed by atoms with Gasteiger partial charge in [0.25, 0.3) is 0 Å². The van der Waals surface area contributed by atoms with Crippen molar-refractivity contribution in [1.82, 2.24) is 4.98 Å². The average Bonchev–Trinajstić information content (AvgIpc) is 2.40. The van der Waals surface area contributed by atoms with E-state index in [0.717, 1.165) is 30.5 Å². The summed E-state index contributed by atoms with van der Waals surface area (Å²) < 4.78 is 65.7. The van der Waals surface area contributed by atoms with Crippen molar-refractivity contribution < 1.29 is 22.0 Å². The van der Waals surface area contributed by atoms with Gasteiger partial charge in [0.15, 0.2) is 0 Å². The van der Waals surface area contributed by atoms with Gasteiger partial charge in [-0.3, -0.25) is 4.98 Å². The largest absolute Gasteiger partial charge is 0.418 e. The number of aryl methyl sites for hydroxylation is 1. The van der Waals surface area contributed by atoms with E-state index < -0.39 is 29.1 Å². The number of halogens is 5. The van der Waals surface area contributed by atoms with Crippen LogP contribution in [-0.2, 0) is 12.6 Å². The van der Waals surface area contributed by atoms with E-state index >= 15 is 0 Å². The summed E-state index contributed by atoms with van der Waals surface area (Å²) in [5.41, 5.74) is -1.79. The van der Waals surface area contributed by atoms with Crippen LogP contribution in [0.3, 0.4) is 0 Å². The fourth-order valence-corrected chi connectivity index (χ4v) is 1.83. The van der Waals surface area contributed by atoms with Gasteiger partial charge in [0.2, 0.25) is 0 Å². The van der Waals surface area contributed by atoms with Crippen LogP contribution in [0.25, 0.3) is 0 Å². The quantitative estimate of drug-likeness (QED) is 0.832. The minimum absolute atomic E-state index is 0.0553. The number of hydrogen-bond donors (Lipinski definition) is 1. The number of hydrogen-bond acceptors (Lipinski definition) is 2. The Morgan fingerprint density at radius 3 is 2.43 bits per heavy atom. The molecular weight excluding hydrogens is 291 g/mol. The van der Waals surface area contributed by atoms with Gasteiger partial charge < -0.3 is 5.32 Å². The molecule has 7 heteroatoms. The van der Waals surface area contributed by atoms with Crippen LogP contribution in [0.15, 0.2) is 30.5 Å². The summed E-state index contributed by atoms with van der Waals surface area (Å²) in [6.45, 7) is 1.69. The summed E-state index contributed by atoms with van der Waals surface area (Å²) in [5.74, 6) is -1.74. The molecule has 21 heavy (non-hydrogen) atoms. The molecule has 0 aliphatic heterocycles. The second-order valence-electron chi connectivity index (χ2n) is 4.29. The molecule has 2 nitrogen and oxygen atoms in total. The zero-order valence-electron chi connectivity index (χ0n) is 10.9. The van der Waals surface area contributed by atoms with Gasteiger partial charge in [-0.15, -0.1) is 0 Å². The first-order valence-corrected chi connectivity index (χ1v) is 6.10. The van der Waals surface area contributed by atoms with Crippen molar-refractivity contribution in [3.05, 3.63) is 53.4 Å². The molecule has 0 unspecified atom stereocenters.